The summed E-state index contributed by atoms with van der Waals surface area (Å²) in [5.74, 6) is 1.18. The van der Waals surface area contributed by atoms with E-state index >= 15 is 0 Å². The van der Waals surface area contributed by atoms with E-state index in [4.69, 9.17) is 9.47 Å². The fourth-order valence-corrected chi connectivity index (χ4v) is 2.83. The zero-order valence-electron chi connectivity index (χ0n) is 14.9. The number of benzene rings is 1. The van der Waals surface area contributed by atoms with Gasteiger partial charge >= 0.3 is 0 Å². The number of nitrogens with zero attached hydrogens (tertiary/aromatic N) is 3. The maximum atomic E-state index is 12.0. The molecule has 3 aromatic rings. The molecule has 0 atom stereocenters. The number of aryl methyl sites for hydroxylation is 1. The first-order valence-electron chi connectivity index (χ1n) is 8.17. The molecule has 0 unspecified atom stereocenters. The molecular formula is C18H19N5O3S. The molecule has 140 valence electrons. The third-order valence-corrected chi connectivity index (χ3v) is 4.35. The Kier molecular flexibility index (Phi) is 6.16. The van der Waals surface area contributed by atoms with Crippen molar-refractivity contribution in [2.75, 3.05) is 12.5 Å². The number of hydrazine groups is 1. The molecule has 0 aliphatic carbocycles. The first kappa shape index (κ1) is 18.6. The van der Waals surface area contributed by atoms with Crippen molar-refractivity contribution in [3.8, 4) is 11.6 Å². The fourth-order valence-electron chi connectivity index (χ4n) is 2.13. The molecular weight excluding hydrogens is 366 g/mol. The molecule has 1 aromatic carbocycles. The summed E-state index contributed by atoms with van der Waals surface area (Å²) >= 11 is 1.46. The molecule has 27 heavy (non-hydrogen) atoms. The zero-order valence-corrected chi connectivity index (χ0v) is 15.7. The van der Waals surface area contributed by atoms with Crippen LogP contribution in [0, 0.1) is 6.92 Å². The van der Waals surface area contributed by atoms with Gasteiger partial charge in [-0.05, 0) is 19.1 Å². The van der Waals surface area contributed by atoms with E-state index < -0.39 is 0 Å². The molecule has 2 N–H and O–H groups in total. The minimum atomic E-state index is -0.252. The van der Waals surface area contributed by atoms with Gasteiger partial charge in [0.25, 0.3) is 0 Å². The Morgan fingerprint density at radius 2 is 2.00 bits per heavy atom. The number of ether oxygens (including phenoxy) is 2. The Morgan fingerprint density at radius 3 is 2.78 bits per heavy atom. The Balaban J connectivity index is 1.46. The second-order valence-electron chi connectivity index (χ2n) is 5.61. The van der Waals surface area contributed by atoms with Gasteiger partial charge in [0.1, 0.15) is 17.4 Å². The second kappa shape index (κ2) is 8.95. The van der Waals surface area contributed by atoms with E-state index in [0.29, 0.717) is 18.2 Å². The molecule has 0 bridgehead atoms. The highest BCUT2D eigenvalue weighted by molar-refractivity contribution is 7.09. The van der Waals surface area contributed by atoms with Gasteiger partial charge in [0.05, 0.1) is 19.2 Å². The van der Waals surface area contributed by atoms with Crippen molar-refractivity contribution in [2.45, 2.75) is 20.0 Å². The number of carbonyl (C=O) groups is 1. The van der Waals surface area contributed by atoms with Crippen molar-refractivity contribution >= 4 is 23.2 Å². The first-order valence-corrected chi connectivity index (χ1v) is 9.05. The van der Waals surface area contributed by atoms with Gasteiger partial charge in [0.2, 0.25) is 17.7 Å². The lowest BCUT2D eigenvalue weighted by Crippen LogP contribution is -2.31. The number of rotatable bonds is 8. The molecule has 0 saturated carbocycles. The van der Waals surface area contributed by atoms with Crippen molar-refractivity contribution in [3.05, 3.63) is 58.2 Å². The minimum absolute atomic E-state index is 0.137. The standard InChI is InChI=1S/C18H19N5O3S/c1-12-3-5-14(6-4-12)26-10-17-20-13(11-27-17)9-15(24)22-23-18-19-8-7-16(21-18)25-2/h3-8,11H,9-10H2,1-2H3,(H,22,24)(H,19,21,23). The molecule has 2 heterocycles. The number of amides is 1. The SMILES string of the molecule is COc1ccnc(NNC(=O)Cc2csc(COc3ccc(C)cc3)n2)n1. The van der Waals surface area contributed by atoms with E-state index in [-0.39, 0.29) is 18.3 Å². The van der Waals surface area contributed by atoms with Crippen molar-refractivity contribution < 1.29 is 14.3 Å². The van der Waals surface area contributed by atoms with Crippen LogP contribution in [0.25, 0.3) is 0 Å². The summed E-state index contributed by atoms with van der Waals surface area (Å²) in [4.78, 5) is 24.5. The number of anilines is 1. The highest BCUT2D eigenvalue weighted by Gasteiger charge is 2.09. The van der Waals surface area contributed by atoms with Crippen molar-refractivity contribution in [1.82, 2.24) is 20.4 Å². The van der Waals surface area contributed by atoms with Gasteiger partial charge in [-0.2, -0.15) is 4.98 Å². The smallest absolute Gasteiger partial charge is 0.245 e. The van der Waals surface area contributed by atoms with Crippen LogP contribution in [0.3, 0.4) is 0 Å². The molecule has 9 heteroatoms. The number of hydrogen-bond acceptors (Lipinski definition) is 8. The van der Waals surface area contributed by atoms with E-state index in [2.05, 4.69) is 25.8 Å². The summed E-state index contributed by atoms with van der Waals surface area (Å²) in [7, 11) is 1.51. The first-order chi connectivity index (χ1) is 13.1. The van der Waals surface area contributed by atoms with Crippen LogP contribution in [0.5, 0.6) is 11.6 Å². The van der Waals surface area contributed by atoms with Crippen molar-refractivity contribution in [2.24, 2.45) is 0 Å². The third kappa shape index (κ3) is 5.65. The maximum Gasteiger partial charge on any atom is 0.245 e. The van der Waals surface area contributed by atoms with Crippen molar-refractivity contribution in [1.29, 1.82) is 0 Å². The molecule has 0 saturated heterocycles. The maximum absolute atomic E-state index is 12.0. The van der Waals surface area contributed by atoms with E-state index in [9.17, 15) is 4.79 Å². The van der Waals surface area contributed by atoms with Gasteiger partial charge in [-0.3, -0.25) is 15.6 Å². The summed E-state index contributed by atoms with van der Waals surface area (Å²) in [5, 5.41) is 2.65. The van der Waals surface area contributed by atoms with Gasteiger partial charge in [-0.15, -0.1) is 11.3 Å². The van der Waals surface area contributed by atoms with Gasteiger partial charge < -0.3 is 9.47 Å². The number of hydrogen-bond donors (Lipinski definition) is 2. The molecule has 0 radical (unpaired) electrons. The minimum Gasteiger partial charge on any atom is -0.486 e. The van der Waals surface area contributed by atoms with Crippen LogP contribution >= 0.6 is 11.3 Å². The van der Waals surface area contributed by atoms with Crippen LogP contribution in [0.15, 0.2) is 41.9 Å². The summed E-state index contributed by atoms with van der Waals surface area (Å²) in [6.07, 6.45) is 1.67. The highest BCUT2D eigenvalue weighted by Crippen LogP contribution is 2.16. The van der Waals surface area contributed by atoms with Gasteiger partial charge in [-0.25, -0.2) is 9.97 Å². The predicted octanol–water partition coefficient (Wildman–Crippen LogP) is 2.51. The van der Waals surface area contributed by atoms with E-state index in [0.717, 1.165) is 10.8 Å². The lowest BCUT2D eigenvalue weighted by atomic mass is 10.2. The number of methoxy groups -OCH3 is 1. The van der Waals surface area contributed by atoms with Crippen LogP contribution in [-0.2, 0) is 17.8 Å². The Labute approximate surface area is 160 Å². The molecule has 1 amide bonds. The summed E-state index contributed by atoms with van der Waals surface area (Å²) in [5.41, 5.74) is 7.03. The topological polar surface area (TPSA) is 98.3 Å². The average molecular weight is 385 g/mol. The molecule has 0 fully saturated rings. The zero-order chi connectivity index (χ0) is 19.1. The number of aromatic nitrogens is 3. The number of thiazole rings is 1. The highest BCUT2D eigenvalue weighted by atomic mass is 32.1. The third-order valence-electron chi connectivity index (χ3n) is 3.48. The monoisotopic (exact) mass is 385 g/mol. The van der Waals surface area contributed by atoms with Crippen LogP contribution in [-0.4, -0.2) is 28.0 Å². The quantitative estimate of drug-likeness (QED) is 0.575. The lowest BCUT2D eigenvalue weighted by molar-refractivity contribution is -0.120. The summed E-state index contributed by atoms with van der Waals surface area (Å²) in [6, 6.07) is 9.44. The summed E-state index contributed by atoms with van der Waals surface area (Å²) < 4.78 is 10.7. The number of nitrogens with one attached hydrogen (secondary N) is 2. The van der Waals surface area contributed by atoms with Crippen LogP contribution in [0.2, 0.25) is 0 Å². The van der Waals surface area contributed by atoms with Gasteiger partial charge in [0, 0.05) is 17.6 Å². The van der Waals surface area contributed by atoms with Crippen LogP contribution in [0.1, 0.15) is 16.3 Å². The van der Waals surface area contributed by atoms with Crippen molar-refractivity contribution in [3.63, 3.8) is 0 Å². The van der Waals surface area contributed by atoms with E-state index in [1.165, 1.54) is 30.2 Å². The van der Waals surface area contributed by atoms with E-state index in [1.54, 1.807) is 6.07 Å². The van der Waals surface area contributed by atoms with Crippen LogP contribution in [0.4, 0.5) is 5.95 Å². The molecule has 0 aliphatic heterocycles. The molecule has 0 spiro atoms. The van der Waals surface area contributed by atoms with E-state index in [1.807, 2.05) is 36.6 Å². The number of carbonyl (C=O) groups excluding carboxylic acids is 1. The lowest BCUT2D eigenvalue weighted by Gasteiger charge is -2.07. The molecule has 2 aromatic heterocycles. The summed E-state index contributed by atoms with van der Waals surface area (Å²) in [6.45, 7) is 2.39. The Morgan fingerprint density at radius 1 is 1.19 bits per heavy atom. The largest absolute Gasteiger partial charge is 0.486 e. The normalized spacial score (nSPS) is 10.3. The van der Waals surface area contributed by atoms with Crippen LogP contribution < -0.4 is 20.3 Å². The van der Waals surface area contributed by atoms with Gasteiger partial charge in [-0.1, -0.05) is 17.7 Å². The molecule has 0 aliphatic rings. The fraction of sp³-hybridized carbons (Fsp3) is 0.222. The molecule has 8 nitrogen and oxygen atoms in total. The predicted molar refractivity (Wildman–Crippen MR) is 102 cm³/mol. The van der Waals surface area contributed by atoms with Gasteiger partial charge in [0.15, 0.2) is 0 Å². The second-order valence-corrected chi connectivity index (χ2v) is 6.55. The molecule has 3 rings (SSSR count). The average Bonchev–Trinajstić information content (AvgIpc) is 3.13. The Bertz CT molecular complexity index is 898. The Hall–Kier alpha value is -3.20.